The third-order valence-electron chi connectivity index (χ3n) is 5.44. The molecule has 1 N–H and O–H groups in total. The number of rotatable bonds is 8. The normalized spacial score (nSPS) is 14.5. The van der Waals surface area contributed by atoms with E-state index >= 15 is 0 Å². The van der Waals surface area contributed by atoms with Crippen molar-refractivity contribution >= 4 is 17.7 Å². The van der Waals surface area contributed by atoms with Gasteiger partial charge in [0.1, 0.15) is 18.5 Å². The predicted octanol–water partition coefficient (Wildman–Crippen LogP) is 4.18. The number of benzene rings is 3. The minimum Gasteiger partial charge on any atom is -0.486 e. The fourth-order valence-electron chi connectivity index (χ4n) is 3.72. The molecule has 1 aliphatic rings. The number of halogens is 1. The SMILES string of the molecule is O=C(CSc1nnc(-c2ccccc2F)n1Cc1ccccc1)NC[C@H]1COc2ccccc2O1. The van der Waals surface area contributed by atoms with Gasteiger partial charge in [-0.2, -0.15) is 0 Å². The molecule has 9 heteroatoms. The van der Waals surface area contributed by atoms with Crippen LogP contribution >= 0.6 is 11.8 Å². The first-order valence-corrected chi connectivity index (χ1v) is 12.2. The topological polar surface area (TPSA) is 78.3 Å². The van der Waals surface area contributed by atoms with Gasteiger partial charge in [0.25, 0.3) is 0 Å². The summed E-state index contributed by atoms with van der Waals surface area (Å²) >= 11 is 1.25. The Hall–Kier alpha value is -3.85. The molecule has 7 nitrogen and oxygen atoms in total. The van der Waals surface area contributed by atoms with Crippen LogP contribution in [0, 0.1) is 5.82 Å². The summed E-state index contributed by atoms with van der Waals surface area (Å²) in [6.45, 7) is 1.14. The molecule has 0 aliphatic carbocycles. The maximum Gasteiger partial charge on any atom is 0.230 e. The third kappa shape index (κ3) is 5.46. The van der Waals surface area contributed by atoms with Crippen LogP contribution in [-0.4, -0.2) is 45.7 Å². The van der Waals surface area contributed by atoms with Gasteiger partial charge in [0.15, 0.2) is 22.5 Å². The molecule has 0 spiro atoms. The summed E-state index contributed by atoms with van der Waals surface area (Å²) in [4.78, 5) is 12.6. The lowest BCUT2D eigenvalue weighted by Gasteiger charge is -2.26. The monoisotopic (exact) mass is 490 g/mol. The molecule has 5 rings (SSSR count). The van der Waals surface area contributed by atoms with Crippen LogP contribution in [0.2, 0.25) is 0 Å². The molecule has 178 valence electrons. The van der Waals surface area contributed by atoms with Crippen molar-refractivity contribution in [1.29, 1.82) is 0 Å². The Bertz CT molecular complexity index is 1310. The van der Waals surface area contributed by atoms with Crippen LogP contribution in [0.1, 0.15) is 5.56 Å². The molecule has 1 atom stereocenters. The number of amides is 1. The van der Waals surface area contributed by atoms with Crippen molar-refractivity contribution in [3.05, 3.63) is 90.2 Å². The van der Waals surface area contributed by atoms with E-state index in [1.54, 1.807) is 18.2 Å². The first-order valence-electron chi connectivity index (χ1n) is 11.2. The number of nitrogens with one attached hydrogen (secondary N) is 1. The summed E-state index contributed by atoms with van der Waals surface area (Å²) in [7, 11) is 0. The van der Waals surface area contributed by atoms with Crippen molar-refractivity contribution in [3.8, 4) is 22.9 Å². The lowest BCUT2D eigenvalue weighted by molar-refractivity contribution is -0.119. The molecule has 1 aliphatic heterocycles. The largest absolute Gasteiger partial charge is 0.486 e. The second-order valence-electron chi connectivity index (χ2n) is 7.95. The van der Waals surface area contributed by atoms with Crippen molar-refractivity contribution in [1.82, 2.24) is 20.1 Å². The molecule has 1 aromatic heterocycles. The number of hydrogen-bond acceptors (Lipinski definition) is 6. The van der Waals surface area contributed by atoms with Crippen molar-refractivity contribution in [2.75, 3.05) is 18.9 Å². The number of nitrogens with zero attached hydrogens (tertiary/aromatic N) is 3. The Labute approximate surface area is 206 Å². The maximum absolute atomic E-state index is 14.5. The fourth-order valence-corrected chi connectivity index (χ4v) is 4.49. The molecule has 35 heavy (non-hydrogen) atoms. The zero-order valence-corrected chi connectivity index (χ0v) is 19.6. The molecule has 0 fully saturated rings. The lowest BCUT2D eigenvalue weighted by atomic mass is 10.2. The quantitative estimate of drug-likeness (QED) is 0.374. The van der Waals surface area contributed by atoms with Crippen LogP contribution in [0.4, 0.5) is 4.39 Å². The average molecular weight is 491 g/mol. The summed E-state index contributed by atoms with van der Waals surface area (Å²) in [5.74, 6) is 1.38. The molecule has 2 heterocycles. The van der Waals surface area contributed by atoms with Gasteiger partial charge in [0, 0.05) is 0 Å². The van der Waals surface area contributed by atoms with Crippen LogP contribution in [0.3, 0.4) is 0 Å². The van der Waals surface area contributed by atoms with Crippen molar-refractivity contribution < 1.29 is 18.7 Å². The molecule has 0 saturated carbocycles. The summed E-state index contributed by atoms with van der Waals surface area (Å²) in [5, 5.41) is 11.9. The molecular weight excluding hydrogens is 467 g/mol. The molecule has 0 unspecified atom stereocenters. The minimum atomic E-state index is -0.375. The molecular formula is C26H23FN4O3S. The Balaban J connectivity index is 1.25. The Morgan fingerprint density at radius 1 is 1.00 bits per heavy atom. The lowest BCUT2D eigenvalue weighted by Crippen LogP contribution is -2.41. The molecule has 0 bridgehead atoms. The maximum atomic E-state index is 14.5. The highest BCUT2D eigenvalue weighted by atomic mass is 32.2. The summed E-state index contributed by atoms with van der Waals surface area (Å²) in [5.41, 5.74) is 1.38. The Morgan fingerprint density at radius 3 is 2.57 bits per heavy atom. The highest BCUT2D eigenvalue weighted by Crippen LogP contribution is 2.31. The van der Waals surface area contributed by atoms with E-state index in [1.807, 2.05) is 59.2 Å². The fraction of sp³-hybridized carbons (Fsp3) is 0.192. The van der Waals surface area contributed by atoms with E-state index in [2.05, 4.69) is 15.5 Å². The van der Waals surface area contributed by atoms with Crippen LogP contribution in [0.5, 0.6) is 11.5 Å². The minimum absolute atomic E-state index is 0.133. The zero-order chi connectivity index (χ0) is 24.0. The molecule has 3 aromatic carbocycles. The number of para-hydroxylation sites is 2. The summed E-state index contributed by atoms with van der Waals surface area (Å²) in [6, 6.07) is 23.7. The van der Waals surface area contributed by atoms with Crippen LogP contribution in [-0.2, 0) is 11.3 Å². The van der Waals surface area contributed by atoms with Crippen LogP contribution in [0.15, 0.2) is 84.0 Å². The second kappa shape index (κ2) is 10.6. The molecule has 0 saturated heterocycles. The summed E-state index contributed by atoms with van der Waals surface area (Å²) in [6.07, 6.45) is -0.270. The highest BCUT2D eigenvalue weighted by molar-refractivity contribution is 7.99. The first-order chi connectivity index (χ1) is 17.2. The number of thioether (sulfide) groups is 1. The van der Waals surface area contributed by atoms with Gasteiger partial charge in [-0.3, -0.25) is 9.36 Å². The van der Waals surface area contributed by atoms with Crippen molar-refractivity contribution in [2.45, 2.75) is 17.8 Å². The predicted molar refractivity (Wildman–Crippen MR) is 131 cm³/mol. The van der Waals surface area contributed by atoms with E-state index in [-0.39, 0.29) is 23.6 Å². The average Bonchev–Trinajstić information content (AvgIpc) is 3.29. The smallest absolute Gasteiger partial charge is 0.230 e. The third-order valence-corrected chi connectivity index (χ3v) is 6.41. The Kier molecular flexibility index (Phi) is 6.94. The van der Waals surface area contributed by atoms with E-state index in [0.717, 1.165) is 5.56 Å². The van der Waals surface area contributed by atoms with Gasteiger partial charge in [-0.25, -0.2) is 4.39 Å². The van der Waals surface area contributed by atoms with E-state index in [0.29, 0.717) is 47.7 Å². The summed E-state index contributed by atoms with van der Waals surface area (Å²) < 4.78 is 27.9. The number of aromatic nitrogens is 3. The first kappa shape index (κ1) is 22.9. The van der Waals surface area contributed by atoms with Gasteiger partial charge in [0.2, 0.25) is 5.91 Å². The van der Waals surface area contributed by atoms with Gasteiger partial charge in [0.05, 0.1) is 24.4 Å². The Morgan fingerprint density at radius 2 is 1.74 bits per heavy atom. The van der Waals surface area contributed by atoms with Gasteiger partial charge in [-0.1, -0.05) is 66.4 Å². The zero-order valence-electron chi connectivity index (χ0n) is 18.8. The van der Waals surface area contributed by atoms with Gasteiger partial charge >= 0.3 is 0 Å². The standard InChI is InChI=1S/C26H23FN4O3S/c27-21-11-5-4-10-20(21)25-29-30-26(31(25)15-18-8-2-1-3-9-18)35-17-24(32)28-14-19-16-33-22-12-6-7-13-23(22)34-19/h1-13,19H,14-17H2,(H,28,32)/t19-/m0/s1. The molecule has 4 aromatic rings. The van der Waals surface area contributed by atoms with E-state index < -0.39 is 0 Å². The number of hydrogen-bond donors (Lipinski definition) is 1. The van der Waals surface area contributed by atoms with Crippen molar-refractivity contribution in [2.24, 2.45) is 0 Å². The van der Waals surface area contributed by atoms with Gasteiger partial charge < -0.3 is 14.8 Å². The highest BCUT2D eigenvalue weighted by Gasteiger charge is 2.22. The van der Waals surface area contributed by atoms with E-state index in [9.17, 15) is 9.18 Å². The van der Waals surface area contributed by atoms with E-state index in [4.69, 9.17) is 9.47 Å². The van der Waals surface area contributed by atoms with Crippen molar-refractivity contribution in [3.63, 3.8) is 0 Å². The van der Waals surface area contributed by atoms with E-state index in [1.165, 1.54) is 17.8 Å². The van der Waals surface area contributed by atoms with Crippen LogP contribution in [0.25, 0.3) is 11.4 Å². The van der Waals surface area contributed by atoms with Crippen LogP contribution < -0.4 is 14.8 Å². The molecule has 1 amide bonds. The molecule has 0 radical (unpaired) electrons. The number of carbonyl (C=O) groups is 1. The van der Waals surface area contributed by atoms with Gasteiger partial charge in [-0.15, -0.1) is 10.2 Å². The number of ether oxygens (including phenoxy) is 2. The second-order valence-corrected chi connectivity index (χ2v) is 8.89. The number of fused-ring (bicyclic) bond motifs is 1. The number of carbonyl (C=O) groups excluding carboxylic acids is 1. The van der Waals surface area contributed by atoms with Gasteiger partial charge in [-0.05, 0) is 29.8 Å².